The Bertz CT molecular complexity index is 1820. The van der Waals surface area contributed by atoms with Gasteiger partial charge in [-0.05, 0) is 60.4 Å². The molecular weight excluding hydrogens is 596 g/mol. The fourth-order valence-corrected chi connectivity index (χ4v) is 5.38. The van der Waals surface area contributed by atoms with Gasteiger partial charge in [0, 0.05) is 30.4 Å². The fraction of sp³-hybridized carbons (Fsp3) is 0.250. The van der Waals surface area contributed by atoms with Crippen LogP contribution in [0.3, 0.4) is 0 Å². The maximum Gasteiger partial charge on any atom is 1.00 e. The Balaban J connectivity index is 0.00000442. The maximum absolute atomic E-state index is 14.9. The smallest absolute Gasteiger partial charge is 0.748 e. The van der Waals surface area contributed by atoms with Gasteiger partial charge in [-0.2, -0.15) is 0 Å². The first-order valence-corrected chi connectivity index (χ1v) is 15.5. The number of aromatic hydroxyl groups is 2. The Morgan fingerprint density at radius 2 is 1.55 bits per heavy atom. The first-order chi connectivity index (χ1) is 20.7. The van der Waals surface area contributed by atoms with E-state index in [9.17, 15) is 27.6 Å². The third kappa shape index (κ3) is 8.80. The van der Waals surface area contributed by atoms with Crippen LogP contribution in [0.25, 0.3) is 16.9 Å². The molecule has 2 heterocycles. The van der Waals surface area contributed by atoms with E-state index in [1.807, 2.05) is 30.3 Å². The molecule has 3 aromatic carbocycles. The number of benzene rings is 3. The van der Waals surface area contributed by atoms with Crippen LogP contribution in [0.1, 0.15) is 48.2 Å². The minimum atomic E-state index is -4.20. The van der Waals surface area contributed by atoms with Crippen molar-refractivity contribution >= 4 is 15.8 Å². The maximum atomic E-state index is 14.9. The molecule has 2 aromatic heterocycles. The number of phenolic OH excluding ortho intramolecular Hbond substituents is 1. The third-order valence-corrected chi connectivity index (χ3v) is 7.80. The first-order valence-electron chi connectivity index (χ1n) is 13.9. The van der Waals surface area contributed by atoms with Gasteiger partial charge in [0.05, 0.1) is 28.1 Å². The second kappa shape index (κ2) is 15.0. The van der Waals surface area contributed by atoms with E-state index in [0.29, 0.717) is 60.4 Å². The van der Waals surface area contributed by atoms with Gasteiger partial charge in [0.1, 0.15) is 11.4 Å². The SMILES string of the molecule is O=S(=O)([O-])CCCCCCOc1ccc(Cc2nc3c(Cc4ccccc4)nc(-c4ccc(O)cc4)cn3c2O)cc1F.[Na+]. The van der Waals surface area contributed by atoms with Gasteiger partial charge >= 0.3 is 29.6 Å². The Kier molecular flexibility index (Phi) is 11.4. The van der Waals surface area contributed by atoms with E-state index in [2.05, 4.69) is 0 Å². The monoisotopic (exact) mass is 627 g/mol. The number of nitrogens with zero attached hydrogens (tertiary/aromatic N) is 3. The van der Waals surface area contributed by atoms with Crippen LogP contribution in [0.15, 0.2) is 79.0 Å². The number of halogens is 1. The predicted molar refractivity (Wildman–Crippen MR) is 159 cm³/mol. The van der Waals surface area contributed by atoms with E-state index < -0.39 is 15.9 Å². The summed E-state index contributed by atoms with van der Waals surface area (Å²) in [7, 11) is -4.20. The zero-order valence-electron chi connectivity index (χ0n) is 24.3. The third-order valence-electron chi connectivity index (χ3n) is 7.01. The molecule has 0 saturated heterocycles. The second-order valence-electron chi connectivity index (χ2n) is 10.3. The molecular formula is C32H31FN3NaO6S. The van der Waals surface area contributed by atoms with Crippen molar-refractivity contribution in [1.82, 2.24) is 14.4 Å². The number of aromatic nitrogens is 3. The zero-order valence-corrected chi connectivity index (χ0v) is 27.1. The van der Waals surface area contributed by atoms with Crippen LogP contribution in [-0.4, -0.2) is 49.9 Å². The van der Waals surface area contributed by atoms with Crippen LogP contribution in [0.4, 0.5) is 4.39 Å². The van der Waals surface area contributed by atoms with Crippen LogP contribution < -0.4 is 34.3 Å². The Morgan fingerprint density at radius 3 is 2.25 bits per heavy atom. The number of hydrogen-bond acceptors (Lipinski definition) is 8. The van der Waals surface area contributed by atoms with Crippen molar-refractivity contribution < 1.29 is 61.9 Å². The van der Waals surface area contributed by atoms with Gasteiger partial charge in [-0.25, -0.2) is 22.8 Å². The molecule has 2 N–H and O–H groups in total. The molecule has 0 aliphatic carbocycles. The topological polar surface area (TPSA) is 137 Å². The summed E-state index contributed by atoms with van der Waals surface area (Å²) < 4.78 is 54.0. The summed E-state index contributed by atoms with van der Waals surface area (Å²) in [6.07, 6.45) is 4.48. The minimum Gasteiger partial charge on any atom is -0.748 e. The first kappa shape index (κ1) is 33.4. The Hall–Kier alpha value is -3.48. The van der Waals surface area contributed by atoms with Crippen molar-refractivity contribution in [2.75, 3.05) is 12.4 Å². The fourth-order valence-electron chi connectivity index (χ4n) is 4.82. The molecule has 0 unspecified atom stereocenters. The van der Waals surface area contributed by atoms with E-state index >= 15 is 0 Å². The zero-order chi connectivity index (χ0) is 30.4. The van der Waals surface area contributed by atoms with Crippen molar-refractivity contribution in [2.24, 2.45) is 0 Å². The Morgan fingerprint density at radius 1 is 0.841 bits per heavy atom. The van der Waals surface area contributed by atoms with Gasteiger partial charge in [-0.15, -0.1) is 0 Å². The number of fused-ring (bicyclic) bond motifs is 1. The van der Waals surface area contributed by atoms with Crippen LogP contribution in [0.2, 0.25) is 0 Å². The van der Waals surface area contributed by atoms with Gasteiger partial charge in [0.15, 0.2) is 17.2 Å². The summed E-state index contributed by atoms with van der Waals surface area (Å²) in [6, 6.07) is 21.0. The molecule has 224 valence electrons. The number of hydrogen-bond donors (Lipinski definition) is 2. The second-order valence-corrected chi connectivity index (χ2v) is 11.8. The molecule has 0 fully saturated rings. The van der Waals surface area contributed by atoms with E-state index in [-0.39, 0.29) is 65.7 Å². The molecule has 0 bridgehead atoms. The summed E-state index contributed by atoms with van der Waals surface area (Å²) in [4.78, 5) is 9.56. The summed E-state index contributed by atoms with van der Waals surface area (Å²) in [6.45, 7) is 0.258. The number of phenols is 1. The average molecular weight is 628 g/mol. The molecule has 0 spiro atoms. The number of unbranched alkanes of at least 4 members (excludes halogenated alkanes) is 3. The van der Waals surface area contributed by atoms with Crippen molar-refractivity contribution in [3.8, 4) is 28.6 Å². The average Bonchev–Trinajstić information content (AvgIpc) is 3.29. The molecule has 9 nitrogen and oxygen atoms in total. The molecule has 0 aliphatic heterocycles. The molecule has 5 rings (SSSR count). The number of imidazole rings is 1. The van der Waals surface area contributed by atoms with Gasteiger partial charge < -0.3 is 19.5 Å². The van der Waals surface area contributed by atoms with Gasteiger partial charge in [-0.3, -0.25) is 4.40 Å². The van der Waals surface area contributed by atoms with Crippen LogP contribution in [0.5, 0.6) is 17.4 Å². The van der Waals surface area contributed by atoms with E-state index in [1.165, 1.54) is 12.1 Å². The van der Waals surface area contributed by atoms with E-state index in [4.69, 9.17) is 14.7 Å². The molecule has 5 aromatic rings. The van der Waals surface area contributed by atoms with Crippen molar-refractivity contribution in [2.45, 2.75) is 38.5 Å². The molecule has 0 radical (unpaired) electrons. The molecule has 0 aliphatic rings. The molecule has 0 atom stereocenters. The van der Waals surface area contributed by atoms with Crippen LogP contribution in [0, 0.1) is 5.82 Å². The summed E-state index contributed by atoms with van der Waals surface area (Å²) >= 11 is 0. The standard InChI is InChI=1S/C32H32FN3O6S.Na/c33-26-18-23(10-15-30(26)42-16-6-1-2-7-17-43(39,40)41)20-28-32(38)36-21-29(24-11-13-25(37)14-12-24)34-27(31(36)35-28)19-22-8-4-3-5-9-22;/h3-5,8-15,18,21,37-38H,1-2,6-7,16-17,19-20H2,(H,39,40,41);/q;+1/p-1. The Labute approximate surface area is 277 Å². The predicted octanol–water partition coefficient (Wildman–Crippen LogP) is 2.62. The number of rotatable bonds is 13. The quantitative estimate of drug-likeness (QED) is 0.116. The minimum absolute atomic E-state index is 0. The van der Waals surface area contributed by atoms with Crippen molar-refractivity contribution in [3.05, 3.63) is 107 Å². The van der Waals surface area contributed by atoms with Crippen molar-refractivity contribution in [1.29, 1.82) is 0 Å². The van der Waals surface area contributed by atoms with Crippen molar-refractivity contribution in [3.63, 3.8) is 0 Å². The number of ether oxygens (including phenoxy) is 1. The van der Waals surface area contributed by atoms with Gasteiger partial charge in [0.25, 0.3) is 0 Å². The molecule has 0 amide bonds. The molecule has 0 saturated carbocycles. The summed E-state index contributed by atoms with van der Waals surface area (Å²) in [5.74, 6) is -0.761. The summed E-state index contributed by atoms with van der Waals surface area (Å²) in [5, 5.41) is 20.9. The van der Waals surface area contributed by atoms with E-state index in [0.717, 1.165) is 11.1 Å². The summed E-state index contributed by atoms with van der Waals surface area (Å²) in [5.41, 5.74) is 4.50. The molecule has 12 heteroatoms. The van der Waals surface area contributed by atoms with E-state index in [1.54, 1.807) is 40.9 Å². The normalized spacial score (nSPS) is 11.4. The molecule has 44 heavy (non-hydrogen) atoms. The van der Waals surface area contributed by atoms with Gasteiger partial charge in [-0.1, -0.05) is 49.2 Å². The van der Waals surface area contributed by atoms with Gasteiger partial charge in [0.2, 0.25) is 5.88 Å². The van der Waals surface area contributed by atoms with Crippen LogP contribution in [-0.2, 0) is 23.0 Å². The van der Waals surface area contributed by atoms with Crippen LogP contribution >= 0.6 is 0 Å². The largest absolute Gasteiger partial charge is 1.00 e.